The maximum Gasteiger partial charge on any atom is 0.0441 e. The van der Waals surface area contributed by atoms with E-state index < -0.39 is 10.8 Å². The van der Waals surface area contributed by atoms with E-state index in [4.69, 9.17) is 0 Å². The first-order valence-corrected chi connectivity index (χ1v) is 9.99. The van der Waals surface area contributed by atoms with Gasteiger partial charge < -0.3 is 10.2 Å². The average molecular weight is 301 g/mol. The van der Waals surface area contributed by atoms with E-state index in [-0.39, 0.29) is 5.25 Å². The molecule has 0 aromatic heterocycles. The van der Waals surface area contributed by atoms with Gasteiger partial charge in [0, 0.05) is 40.9 Å². The lowest BCUT2D eigenvalue weighted by Gasteiger charge is -2.42. The molecule has 1 N–H and O–H groups in total. The summed E-state index contributed by atoms with van der Waals surface area (Å²) in [7, 11) is -0.703. The lowest BCUT2D eigenvalue weighted by atomic mass is 9.84. The van der Waals surface area contributed by atoms with Crippen LogP contribution in [-0.2, 0) is 10.8 Å². The van der Waals surface area contributed by atoms with Gasteiger partial charge in [-0.25, -0.2) is 0 Å². The van der Waals surface area contributed by atoms with Gasteiger partial charge in [-0.1, -0.05) is 19.8 Å². The van der Waals surface area contributed by atoms with Crippen LogP contribution in [0.1, 0.15) is 52.4 Å². The smallest absolute Gasteiger partial charge is 0.0441 e. The third-order valence-electron chi connectivity index (χ3n) is 5.33. The molecule has 0 amide bonds. The highest BCUT2D eigenvalue weighted by atomic mass is 32.2. The Morgan fingerprint density at radius 1 is 1.20 bits per heavy atom. The highest BCUT2D eigenvalue weighted by molar-refractivity contribution is 7.84. The summed E-state index contributed by atoms with van der Waals surface area (Å²) in [6, 6.07) is 1.47. The van der Waals surface area contributed by atoms with Crippen LogP contribution in [0.5, 0.6) is 0 Å². The van der Waals surface area contributed by atoms with Gasteiger partial charge in [0.1, 0.15) is 0 Å². The summed E-state index contributed by atoms with van der Waals surface area (Å²) in [4.78, 5) is 2.74. The van der Waals surface area contributed by atoms with Crippen molar-refractivity contribution in [2.24, 2.45) is 5.92 Å². The van der Waals surface area contributed by atoms with Crippen molar-refractivity contribution in [3.63, 3.8) is 0 Å². The van der Waals surface area contributed by atoms with E-state index in [0.717, 1.165) is 18.5 Å². The third kappa shape index (κ3) is 4.54. The second kappa shape index (κ2) is 7.90. The molecule has 118 valence electrons. The van der Waals surface area contributed by atoms with Gasteiger partial charge in [0.15, 0.2) is 0 Å². The molecule has 0 aromatic carbocycles. The largest absolute Gasteiger partial charge is 0.313 e. The van der Waals surface area contributed by atoms with Gasteiger partial charge in [-0.15, -0.1) is 0 Å². The van der Waals surface area contributed by atoms with E-state index >= 15 is 0 Å². The highest BCUT2D eigenvalue weighted by Crippen LogP contribution is 2.29. The number of rotatable bonds is 5. The first kappa shape index (κ1) is 16.4. The van der Waals surface area contributed by atoms with Gasteiger partial charge in [0.2, 0.25) is 0 Å². The predicted octanol–water partition coefficient (Wildman–Crippen LogP) is 2.39. The number of hydrogen-bond donors (Lipinski definition) is 1. The van der Waals surface area contributed by atoms with Crippen LogP contribution in [0, 0.1) is 5.92 Å². The van der Waals surface area contributed by atoms with E-state index in [2.05, 4.69) is 24.1 Å². The molecule has 3 nitrogen and oxygen atoms in total. The minimum absolute atomic E-state index is 0.270. The van der Waals surface area contributed by atoms with Crippen LogP contribution in [0.4, 0.5) is 0 Å². The SMILES string of the molecule is C[C@@H]1CCCC[C@@H]1N1CCC(NC[C@H](C)[S@@](C)=O)CC1. The van der Waals surface area contributed by atoms with Crippen LogP contribution in [0.25, 0.3) is 0 Å². The van der Waals surface area contributed by atoms with Crippen molar-refractivity contribution in [1.29, 1.82) is 0 Å². The minimum atomic E-state index is -0.703. The Morgan fingerprint density at radius 3 is 2.45 bits per heavy atom. The van der Waals surface area contributed by atoms with Crippen molar-refractivity contribution < 1.29 is 4.21 Å². The molecule has 4 heteroatoms. The van der Waals surface area contributed by atoms with Crippen LogP contribution in [0.15, 0.2) is 0 Å². The Kier molecular flexibility index (Phi) is 6.50. The predicted molar refractivity (Wildman–Crippen MR) is 87.5 cm³/mol. The molecule has 2 fully saturated rings. The molecule has 4 atom stereocenters. The van der Waals surface area contributed by atoms with Crippen molar-refractivity contribution in [3.8, 4) is 0 Å². The molecule has 0 unspecified atom stereocenters. The molecular formula is C16H32N2OS. The van der Waals surface area contributed by atoms with E-state index in [1.165, 1.54) is 51.6 Å². The maximum atomic E-state index is 11.4. The monoisotopic (exact) mass is 300 g/mol. The van der Waals surface area contributed by atoms with E-state index in [1.54, 1.807) is 6.26 Å². The fraction of sp³-hybridized carbons (Fsp3) is 1.00. The number of piperidine rings is 1. The summed E-state index contributed by atoms with van der Waals surface area (Å²) < 4.78 is 11.4. The molecule has 0 radical (unpaired) electrons. The normalized spacial score (nSPS) is 33.0. The molecule has 20 heavy (non-hydrogen) atoms. The Morgan fingerprint density at radius 2 is 1.85 bits per heavy atom. The molecule has 1 saturated heterocycles. The van der Waals surface area contributed by atoms with Crippen LogP contribution in [0.2, 0.25) is 0 Å². The van der Waals surface area contributed by atoms with Crippen LogP contribution < -0.4 is 5.32 Å². The second-order valence-corrected chi connectivity index (χ2v) is 8.66. The molecule has 0 spiro atoms. The lowest BCUT2D eigenvalue weighted by Crippen LogP contribution is -2.50. The number of likely N-dealkylation sites (tertiary alicyclic amines) is 1. The number of nitrogens with zero attached hydrogens (tertiary/aromatic N) is 1. The van der Waals surface area contributed by atoms with Crippen molar-refractivity contribution in [1.82, 2.24) is 10.2 Å². The van der Waals surface area contributed by atoms with Crippen LogP contribution in [0.3, 0.4) is 0 Å². The van der Waals surface area contributed by atoms with Gasteiger partial charge in [0.25, 0.3) is 0 Å². The average Bonchev–Trinajstić information content (AvgIpc) is 2.46. The first-order chi connectivity index (χ1) is 9.58. The molecule has 1 aliphatic heterocycles. The zero-order valence-corrected chi connectivity index (χ0v) is 14.3. The van der Waals surface area contributed by atoms with Crippen molar-refractivity contribution in [3.05, 3.63) is 0 Å². The summed E-state index contributed by atoms with van der Waals surface area (Å²) in [5, 5.41) is 3.89. The standard InChI is InChI=1S/C16H32N2OS/c1-13-6-4-5-7-16(13)18-10-8-15(9-11-18)17-12-14(2)20(3)19/h13-17H,4-12H2,1-3H3/t13-,14+,16+,20-/m1/s1. The topological polar surface area (TPSA) is 32.3 Å². The summed E-state index contributed by atoms with van der Waals surface area (Å²) in [6.07, 6.45) is 10.0. The first-order valence-electron chi connectivity index (χ1n) is 8.37. The Hall–Kier alpha value is 0.0700. The van der Waals surface area contributed by atoms with Crippen LogP contribution in [-0.4, -0.2) is 52.3 Å². The summed E-state index contributed by atoms with van der Waals surface area (Å²) in [6.45, 7) is 7.90. The van der Waals surface area contributed by atoms with E-state index in [9.17, 15) is 4.21 Å². The highest BCUT2D eigenvalue weighted by Gasteiger charge is 2.30. The molecule has 0 aromatic rings. The van der Waals surface area contributed by atoms with Gasteiger partial charge in [-0.05, 0) is 51.6 Å². The third-order valence-corrected chi connectivity index (χ3v) is 6.63. The maximum absolute atomic E-state index is 11.4. The molecular weight excluding hydrogens is 268 g/mol. The summed E-state index contributed by atoms with van der Waals surface area (Å²) in [5.74, 6) is 0.885. The lowest BCUT2D eigenvalue weighted by molar-refractivity contribution is 0.0817. The molecule has 1 heterocycles. The zero-order valence-electron chi connectivity index (χ0n) is 13.4. The quantitative estimate of drug-likeness (QED) is 0.846. The molecule has 1 aliphatic carbocycles. The van der Waals surface area contributed by atoms with Crippen molar-refractivity contribution >= 4 is 10.8 Å². The molecule has 2 rings (SSSR count). The summed E-state index contributed by atoms with van der Waals surface area (Å²) in [5.41, 5.74) is 0. The number of hydrogen-bond acceptors (Lipinski definition) is 3. The fourth-order valence-electron chi connectivity index (χ4n) is 3.72. The summed E-state index contributed by atoms with van der Waals surface area (Å²) >= 11 is 0. The van der Waals surface area contributed by atoms with E-state index in [0.29, 0.717) is 6.04 Å². The molecule has 0 bridgehead atoms. The second-order valence-electron chi connectivity index (χ2n) is 6.86. The van der Waals surface area contributed by atoms with Crippen LogP contribution >= 0.6 is 0 Å². The molecule has 1 saturated carbocycles. The minimum Gasteiger partial charge on any atom is -0.313 e. The van der Waals surface area contributed by atoms with Gasteiger partial charge in [0.05, 0.1) is 0 Å². The number of nitrogens with one attached hydrogen (secondary N) is 1. The van der Waals surface area contributed by atoms with Gasteiger partial charge in [-0.3, -0.25) is 4.21 Å². The Balaban J connectivity index is 1.70. The fourth-order valence-corrected chi connectivity index (χ4v) is 4.06. The molecule has 2 aliphatic rings. The van der Waals surface area contributed by atoms with Crippen molar-refractivity contribution in [2.75, 3.05) is 25.9 Å². The van der Waals surface area contributed by atoms with Gasteiger partial charge in [-0.2, -0.15) is 0 Å². The zero-order chi connectivity index (χ0) is 14.5. The van der Waals surface area contributed by atoms with Gasteiger partial charge >= 0.3 is 0 Å². The van der Waals surface area contributed by atoms with E-state index in [1.807, 2.05) is 0 Å². The van der Waals surface area contributed by atoms with Crippen molar-refractivity contribution in [2.45, 2.75) is 69.7 Å². The Labute approximate surface area is 127 Å². The Bertz CT molecular complexity index is 316.